The Kier molecular flexibility index (Phi) is 6.35. The van der Waals surface area contributed by atoms with E-state index in [1.165, 1.54) is 12.3 Å². The SMILES string of the molecule is CC1(C)CC(O)c2c(nc(C3CCOCC3)c3c2C2(CCOCC2)O[C@@H]3c2ccc(C(F)(F)F)nc2)[C@@H]1O. The van der Waals surface area contributed by atoms with Crippen LogP contribution in [0, 0.1) is 5.41 Å². The van der Waals surface area contributed by atoms with Gasteiger partial charge in [-0.15, -0.1) is 0 Å². The summed E-state index contributed by atoms with van der Waals surface area (Å²) in [6, 6.07) is 2.40. The van der Waals surface area contributed by atoms with Gasteiger partial charge in [0, 0.05) is 68.1 Å². The number of hydrogen-bond acceptors (Lipinski definition) is 7. The second-order valence-corrected chi connectivity index (χ2v) is 11.7. The minimum atomic E-state index is -4.55. The molecule has 2 fully saturated rings. The number of aliphatic hydroxyl groups is 2. The summed E-state index contributed by atoms with van der Waals surface area (Å²) in [5, 5.41) is 22.9. The highest BCUT2D eigenvalue weighted by molar-refractivity contribution is 5.55. The molecule has 2 aromatic heterocycles. The standard InChI is InChI=1S/C28H33F3N2O5/c1-26(2)13-17(34)19-21-20(22(33-23(19)25(26)35)15-5-9-36-10-6-15)24(38-27(21)7-11-37-12-8-27)16-3-4-18(32-14-16)28(29,30)31/h3-4,14-15,17,24-25,34-35H,5-13H2,1-2H3/t17?,24-,25+/m1/s1. The van der Waals surface area contributed by atoms with Crippen molar-refractivity contribution in [2.75, 3.05) is 26.4 Å². The largest absolute Gasteiger partial charge is 0.433 e. The number of rotatable bonds is 2. The summed E-state index contributed by atoms with van der Waals surface area (Å²) in [6.45, 7) is 5.88. The van der Waals surface area contributed by atoms with Crippen molar-refractivity contribution < 1.29 is 37.6 Å². The van der Waals surface area contributed by atoms with E-state index >= 15 is 0 Å². The van der Waals surface area contributed by atoms with E-state index in [0.717, 1.165) is 35.7 Å². The van der Waals surface area contributed by atoms with E-state index in [-0.39, 0.29) is 5.92 Å². The van der Waals surface area contributed by atoms with Crippen LogP contribution in [0.25, 0.3) is 0 Å². The third-order valence-corrected chi connectivity index (χ3v) is 8.73. The average molecular weight is 535 g/mol. The van der Waals surface area contributed by atoms with Crippen molar-refractivity contribution in [2.45, 2.75) is 82.0 Å². The van der Waals surface area contributed by atoms with E-state index in [0.29, 0.717) is 62.5 Å². The van der Waals surface area contributed by atoms with E-state index in [2.05, 4.69) is 4.98 Å². The van der Waals surface area contributed by atoms with Gasteiger partial charge in [0.15, 0.2) is 0 Å². The Balaban J connectivity index is 1.60. The Morgan fingerprint density at radius 1 is 0.947 bits per heavy atom. The molecule has 0 amide bonds. The molecule has 5 heterocycles. The van der Waals surface area contributed by atoms with Crippen LogP contribution >= 0.6 is 0 Å². The summed E-state index contributed by atoms with van der Waals surface area (Å²) in [5.41, 5.74) is 1.64. The lowest BCUT2D eigenvalue weighted by atomic mass is 9.68. The molecule has 3 aliphatic heterocycles. The van der Waals surface area contributed by atoms with Crippen LogP contribution in [0.2, 0.25) is 0 Å². The number of aromatic nitrogens is 2. The maximum Gasteiger partial charge on any atom is 0.433 e. The van der Waals surface area contributed by atoms with Crippen LogP contribution in [0.4, 0.5) is 13.2 Å². The fraction of sp³-hybridized carbons (Fsp3) is 0.643. The summed E-state index contributed by atoms with van der Waals surface area (Å²) >= 11 is 0. The first-order chi connectivity index (χ1) is 18.0. The van der Waals surface area contributed by atoms with Crippen molar-refractivity contribution in [2.24, 2.45) is 5.41 Å². The van der Waals surface area contributed by atoms with Gasteiger partial charge in [0.25, 0.3) is 0 Å². The van der Waals surface area contributed by atoms with Crippen molar-refractivity contribution in [1.82, 2.24) is 9.97 Å². The van der Waals surface area contributed by atoms with Gasteiger partial charge < -0.3 is 24.4 Å². The summed E-state index contributed by atoms with van der Waals surface area (Å²) < 4.78 is 58.0. The van der Waals surface area contributed by atoms with Gasteiger partial charge >= 0.3 is 6.18 Å². The molecule has 1 spiro atoms. The van der Waals surface area contributed by atoms with Crippen molar-refractivity contribution in [1.29, 1.82) is 0 Å². The van der Waals surface area contributed by atoms with Gasteiger partial charge in [-0.25, -0.2) is 0 Å². The molecule has 3 atom stereocenters. The fourth-order valence-electron chi connectivity index (χ4n) is 6.69. The predicted molar refractivity (Wildman–Crippen MR) is 129 cm³/mol. The van der Waals surface area contributed by atoms with E-state index in [4.69, 9.17) is 19.2 Å². The molecule has 206 valence electrons. The first-order valence-electron chi connectivity index (χ1n) is 13.3. The van der Waals surface area contributed by atoms with Crippen LogP contribution in [-0.2, 0) is 26.0 Å². The Morgan fingerprint density at radius 2 is 1.63 bits per heavy atom. The van der Waals surface area contributed by atoms with Gasteiger partial charge in [-0.05, 0) is 36.3 Å². The number of nitrogens with zero attached hydrogens (tertiary/aromatic N) is 2. The first-order valence-corrected chi connectivity index (χ1v) is 13.3. The third kappa shape index (κ3) is 4.16. The normalized spacial score (nSPS) is 28.8. The van der Waals surface area contributed by atoms with Crippen LogP contribution < -0.4 is 0 Å². The lowest BCUT2D eigenvalue weighted by Crippen LogP contribution is -2.38. The topological polar surface area (TPSA) is 93.9 Å². The minimum Gasteiger partial charge on any atom is -0.388 e. The maximum atomic E-state index is 13.3. The zero-order valence-corrected chi connectivity index (χ0v) is 21.6. The molecule has 2 saturated heterocycles. The van der Waals surface area contributed by atoms with E-state index in [1.807, 2.05) is 13.8 Å². The molecule has 0 saturated carbocycles. The number of halogens is 3. The van der Waals surface area contributed by atoms with Crippen LogP contribution in [-0.4, -0.2) is 46.6 Å². The Hall–Kier alpha value is -2.11. The highest BCUT2D eigenvalue weighted by atomic mass is 19.4. The Bertz CT molecular complexity index is 1200. The molecule has 0 aromatic carbocycles. The smallest absolute Gasteiger partial charge is 0.388 e. The van der Waals surface area contributed by atoms with Crippen LogP contribution in [0.1, 0.15) is 110 Å². The van der Waals surface area contributed by atoms with Gasteiger partial charge in [-0.3, -0.25) is 9.97 Å². The molecule has 1 unspecified atom stereocenters. The summed E-state index contributed by atoms with van der Waals surface area (Å²) in [4.78, 5) is 8.79. The van der Waals surface area contributed by atoms with Crippen LogP contribution in [0.3, 0.4) is 0 Å². The van der Waals surface area contributed by atoms with Crippen molar-refractivity contribution in [3.8, 4) is 0 Å². The summed E-state index contributed by atoms with van der Waals surface area (Å²) in [5.74, 6) is 0.0284. The second-order valence-electron chi connectivity index (χ2n) is 11.7. The maximum absolute atomic E-state index is 13.3. The highest BCUT2D eigenvalue weighted by Gasteiger charge is 2.54. The quantitative estimate of drug-likeness (QED) is 0.559. The van der Waals surface area contributed by atoms with Gasteiger partial charge in [0.1, 0.15) is 17.9 Å². The molecule has 4 aliphatic rings. The number of ether oxygens (including phenoxy) is 3. The lowest BCUT2D eigenvalue weighted by molar-refractivity contribution is -0.141. The first kappa shape index (κ1) is 26.1. The minimum absolute atomic E-state index is 0.0284. The Morgan fingerprint density at radius 3 is 2.26 bits per heavy atom. The van der Waals surface area contributed by atoms with Crippen molar-refractivity contribution >= 4 is 0 Å². The summed E-state index contributed by atoms with van der Waals surface area (Å²) in [6.07, 6.45) is -2.88. The van der Waals surface area contributed by atoms with Crippen molar-refractivity contribution in [3.05, 3.63) is 57.7 Å². The predicted octanol–water partition coefficient (Wildman–Crippen LogP) is 5.01. The molecule has 7 nitrogen and oxygen atoms in total. The molecule has 2 aromatic rings. The van der Waals surface area contributed by atoms with Gasteiger partial charge in [-0.1, -0.05) is 19.9 Å². The number of alkyl halides is 3. The molecule has 38 heavy (non-hydrogen) atoms. The van der Waals surface area contributed by atoms with Gasteiger partial charge in [0.2, 0.25) is 0 Å². The highest BCUT2D eigenvalue weighted by Crippen LogP contribution is 2.59. The zero-order valence-electron chi connectivity index (χ0n) is 21.6. The van der Waals surface area contributed by atoms with Gasteiger partial charge in [-0.2, -0.15) is 13.2 Å². The fourth-order valence-corrected chi connectivity index (χ4v) is 6.69. The second kappa shape index (κ2) is 9.23. The molecule has 0 bridgehead atoms. The zero-order chi connectivity index (χ0) is 26.9. The van der Waals surface area contributed by atoms with Crippen LogP contribution in [0.5, 0.6) is 0 Å². The molecule has 2 N–H and O–H groups in total. The average Bonchev–Trinajstić information content (AvgIpc) is 3.21. The number of aliphatic hydroxyl groups excluding tert-OH is 2. The van der Waals surface area contributed by atoms with Crippen LogP contribution in [0.15, 0.2) is 18.3 Å². The monoisotopic (exact) mass is 534 g/mol. The number of fused-ring (bicyclic) bond motifs is 4. The molecular formula is C28H33F3N2O5. The van der Waals surface area contributed by atoms with E-state index < -0.39 is 41.2 Å². The lowest BCUT2D eigenvalue weighted by Gasteiger charge is -2.42. The van der Waals surface area contributed by atoms with E-state index in [9.17, 15) is 23.4 Å². The van der Waals surface area contributed by atoms with Gasteiger partial charge in [0.05, 0.1) is 23.1 Å². The molecule has 10 heteroatoms. The molecular weight excluding hydrogens is 501 g/mol. The third-order valence-electron chi connectivity index (χ3n) is 8.73. The number of hydrogen-bond donors (Lipinski definition) is 2. The molecule has 6 rings (SSSR count). The van der Waals surface area contributed by atoms with E-state index in [1.54, 1.807) is 0 Å². The molecule has 0 radical (unpaired) electrons. The summed E-state index contributed by atoms with van der Waals surface area (Å²) in [7, 11) is 0. The Labute approximate surface area is 219 Å². The van der Waals surface area contributed by atoms with Crippen molar-refractivity contribution in [3.63, 3.8) is 0 Å². The molecule has 1 aliphatic carbocycles. The number of pyridine rings is 2.